The molecule has 0 aliphatic rings. The van der Waals surface area contributed by atoms with Crippen LogP contribution in [0.2, 0.25) is 0 Å². The maximum atomic E-state index is 5.43. The highest BCUT2D eigenvalue weighted by atomic mass is 16.5. The summed E-state index contributed by atoms with van der Waals surface area (Å²) in [6, 6.07) is 8.39. The lowest BCUT2D eigenvalue weighted by Crippen LogP contribution is -2.29. The summed E-state index contributed by atoms with van der Waals surface area (Å²) in [6.45, 7) is 4.19. The van der Waals surface area contributed by atoms with Gasteiger partial charge in [-0.25, -0.2) is 0 Å². The van der Waals surface area contributed by atoms with Crippen LogP contribution >= 0.6 is 0 Å². The van der Waals surface area contributed by atoms with Crippen LogP contribution in [-0.2, 0) is 0 Å². The molecule has 0 saturated carbocycles. The molecule has 1 rings (SSSR count). The molecule has 0 radical (unpaired) electrons. The Morgan fingerprint density at radius 3 is 2.81 bits per heavy atom. The molecule has 0 saturated heterocycles. The third-order valence-electron chi connectivity index (χ3n) is 2.65. The van der Waals surface area contributed by atoms with Crippen molar-refractivity contribution in [3.63, 3.8) is 0 Å². The molecule has 0 spiro atoms. The van der Waals surface area contributed by atoms with Crippen LogP contribution in [0.4, 0.5) is 0 Å². The maximum absolute atomic E-state index is 5.43. The molecule has 16 heavy (non-hydrogen) atoms. The van der Waals surface area contributed by atoms with E-state index < -0.39 is 0 Å². The van der Waals surface area contributed by atoms with Crippen LogP contribution in [0.25, 0.3) is 0 Å². The maximum Gasteiger partial charge on any atom is 0.119 e. The first kappa shape index (κ1) is 12.6. The Labute approximate surface area is 98.0 Å². The quantitative estimate of drug-likeness (QED) is 0.766. The molecule has 0 amide bonds. The van der Waals surface area contributed by atoms with Crippen LogP contribution in [0.3, 0.4) is 0 Å². The van der Waals surface area contributed by atoms with Crippen LogP contribution in [0.15, 0.2) is 24.3 Å². The van der Waals surface area contributed by atoms with Gasteiger partial charge in [0.1, 0.15) is 5.75 Å². The normalized spacial score (nSPS) is 13.9. The van der Waals surface area contributed by atoms with Crippen molar-refractivity contribution >= 4 is 0 Å². The third kappa shape index (κ3) is 3.29. The van der Waals surface area contributed by atoms with Crippen molar-refractivity contribution in [3.8, 4) is 18.1 Å². The number of methoxy groups -OCH3 is 1. The molecule has 0 heterocycles. The molecule has 2 nitrogen and oxygen atoms in total. The van der Waals surface area contributed by atoms with Gasteiger partial charge >= 0.3 is 0 Å². The SMILES string of the molecule is C#CC(CC)NC(C)c1cccc(OC)c1. The van der Waals surface area contributed by atoms with E-state index in [1.807, 2.05) is 18.2 Å². The molecule has 0 aliphatic carbocycles. The van der Waals surface area contributed by atoms with Gasteiger partial charge in [0.05, 0.1) is 13.2 Å². The summed E-state index contributed by atoms with van der Waals surface area (Å²) in [5.41, 5.74) is 1.19. The van der Waals surface area contributed by atoms with Crippen molar-refractivity contribution < 1.29 is 4.74 Å². The molecule has 1 N–H and O–H groups in total. The lowest BCUT2D eigenvalue weighted by Gasteiger charge is -2.18. The first-order valence-electron chi connectivity index (χ1n) is 5.57. The molecule has 1 aromatic rings. The Hall–Kier alpha value is -1.46. The highest BCUT2D eigenvalue weighted by molar-refractivity contribution is 5.30. The fourth-order valence-corrected chi connectivity index (χ4v) is 1.59. The van der Waals surface area contributed by atoms with E-state index in [0.717, 1.165) is 12.2 Å². The Morgan fingerprint density at radius 1 is 1.50 bits per heavy atom. The molecule has 86 valence electrons. The van der Waals surface area contributed by atoms with Gasteiger partial charge in [-0.3, -0.25) is 5.32 Å². The predicted octanol–water partition coefficient (Wildman–Crippen LogP) is 2.76. The summed E-state index contributed by atoms with van der Waals surface area (Å²) in [5.74, 6) is 3.61. The highest BCUT2D eigenvalue weighted by Gasteiger charge is 2.09. The van der Waals surface area contributed by atoms with Crippen molar-refractivity contribution in [1.82, 2.24) is 5.32 Å². The summed E-state index contributed by atoms with van der Waals surface area (Å²) in [7, 11) is 1.67. The first-order chi connectivity index (χ1) is 7.71. The number of nitrogens with one attached hydrogen (secondary N) is 1. The second-order valence-electron chi connectivity index (χ2n) is 3.79. The second-order valence-corrected chi connectivity index (χ2v) is 3.79. The third-order valence-corrected chi connectivity index (χ3v) is 2.65. The Kier molecular flexibility index (Phi) is 4.88. The van der Waals surface area contributed by atoms with Gasteiger partial charge in [-0.1, -0.05) is 25.0 Å². The van der Waals surface area contributed by atoms with E-state index in [2.05, 4.69) is 31.2 Å². The first-order valence-corrected chi connectivity index (χ1v) is 5.57. The van der Waals surface area contributed by atoms with Crippen molar-refractivity contribution in [3.05, 3.63) is 29.8 Å². The molecule has 2 heteroatoms. The summed E-state index contributed by atoms with van der Waals surface area (Å²) in [4.78, 5) is 0. The lowest BCUT2D eigenvalue weighted by molar-refractivity contribution is 0.413. The number of benzene rings is 1. The molecular formula is C14H19NO. The van der Waals surface area contributed by atoms with Crippen LogP contribution in [0, 0.1) is 12.3 Å². The van der Waals surface area contributed by atoms with E-state index in [0.29, 0.717) is 0 Å². The number of ether oxygens (including phenoxy) is 1. The molecule has 1 aromatic carbocycles. The van der Waals surface area contributed by atoms with Crippen LogP contribution in [-0.4, -0.2) is 13.2 Å². The van der Waals surface area contributed by atoms with E-state index in [-0.39, 0.29) is 12.1 Å². The average Bonchev–Trinajstić information content (AvgIpc) is 2.35. The Morgan fingerprint density at radius 2 is 2.25 bits per heavy atom. The fraction of sp³-hybridized carbons (Fsp3) is 0.429. The minimum Gasteiger partial charge on any atom is -0.497 e. The molecule has 0 fully saturated rings. The Balaban J connectivity index is 2.72. The van der Waals surface area contributed by atoms with Crippen molar-refractivity contribution in [1.29, 1.82) is 0 Å². The number of hydrogen-bond donors (Lipinski definition) is 1. The highest BCUT2D eigenvalue weighted by Crippen LogP contribution is 2.19. The molecular weight excluding hydrogens is 198 g/mol. The summed E-state index contributed by atoms with van der Waals surface area (Å²) >= 11 is 0. The predicted molar refractivity (Wildman–Crippen MR) is 67.5 cm³/mol. The van der Waals surface area contributed by atoms with Crippen molar-refractivity contribution in [2.24, 2.45) is 0 Å². The van der Waals surface area contributed by atoms with Gasteiger partial charge in [-0.15, -0.1) is 6.42 Å². The zero-order valence-corrected chi connectivity index (χ0v) is 10.2. The topological polar surface area (TPSA) is 21.3 Å². The van der Waals surface area contributed by atoms with Gasteiger partial charge < -0.3 is 4.74 Å². The van der Waals surface area contributed by atoms with E-state index in [1.54, 1.807) is 7.11 Å². The molecule has 2 atom stereocenters. The van der Waals surface area contributed by atoms with Gasteiger partial charge in [-0.05, 0) is 31.0 Å². The number of rotatable bonds is 5. The van der Waals surface area contributed by atoms with E-state index in [9.17, 15) is 0 Å². The Bertz CT molecular complexity index is 367. The largest absolute Gasteiger partial charge is 0.497 e. The second kappa shape index (κ2) is 6.19. The number of terminal acetylenes is 1. The zero-order valence-electron chi connectivity index (χ0n) is 10.2. The van der Waals surface area contributed by atoms with Crippen LogP contribution in [0.1, 0.15) is 31.9 Å². The lowest BCUT2D eigenvalue weighted by atomic mass is 10.1. The average molecular weight is 217 g/mol. The zero-order chi connectivity index (χ0) is 12.0. The van der Waals surface area contributed by atoms with Gasteiger partial charge in [0, 0.05) is 6.04 Å². The van der Waals surface area contributed by atoms with E-state index in [1.165, 1.54) is 5.56 Å². The molecule has 0 aliphatic heterocycles. The summed E-state index contributed by atoms with van der Waals surface area (Å²) < 4.78 is 5.19. The summed E-state index contributed by atoms with van der Waals surface area (Å²) in [6.07, 6.45) is 6.36. The van der Waals surface area contributed by atoms with Gasteiger partial charge in [0.25, 0.3) is 0 Å². The van der Waals surface area contributed by atoms with Gasteiger partial charge in [0.15, 0.2) is 0 Å². The van der Waals surface area contributed by atoms with Gasteiger partial charge in [-0.2, -0.15) is 0 Å². The van der Waals surface area contributed by atoms with Crippen molar-refractivity contribution in [2.45, 2.75) is 32.4 Å². The number of hydrogen-bond acceptors (Lipinski definition) is 2. The molecule has 0 aromatic heterocycles. The monoisotopic (exact) mass is 217 g/mol. The van der Waals surface area contributed by atoms with Gasteiger partial charge in [0.2, 0.25) is 0 Å². The smallest absolute Gasteiger partial charge is 0.119 e. The summed E-state index contributed by atoms with van der Waals surface area (Å²) in [5, 5.41) is 3.39. The standard InChI is InChI=1S/C14H19NO/c1-5-13(6-2)15-11(3)12-8-7-9-14(10-12)16-4/h1,7-11,13,15H,6H2,2-4H3. The minimum atomic E-state index is 0.126. The molecule has 0 bridgehead atoms. The van der Waals surface area contributed by atoms with E-state index >= 15 is 0 Å². The van der Waals surface area contributed by atoms with Crippen LogP contribution in [0.5, 0.6) is 5.75 Å². The minimum absolute atomic E-state index is 0.126. The molecule has 2 unspecified atom stereocenters. The van der Waals surface area contributed by atoms with Crippen LogP contribution < -0.4 is 10.1 Å². The van der Waals surface area contributed by atoms with Crippen molar-refractivity contribution in [2.75, 3.05) is 7.11 Å². The van der Waals surface area contributed by atoms with E-state index in [4.69, 9.17) is 11.2 Å². The fourth-order valence-electron chi connectivity index (χ4n) is 1.59.